The molecule has 1 aliphatic carbocycles. The second-order valence-corrected chi connectivity index (χ2v) is 6.55. The van der Waals surface area contributed by atoms with Crippen LogP contribution in [0.1, 0.15) is 51.2 Å². The Kier molecular flexibility index (Phi) is 2.08. The molecular formula is C16H21N. The lowest BCUT2D eigenvalue weighted by atomic mass is 9.61. The molecule has 1 nitrogen and oxygen atoms in total. The Bertz CT molecular complexity index is 510. The molecule has 0 radical (unpaired) electrons. The van der Waals surface area contributed by atoms with E-state index in [0.717, 1.165) is 0 Å². The highest BCUT2D eigenvalue weighted by Gasteiger charge is 2.48. The molecule has 1 aromatic carbocycles. The van der Waals surface area contributed by atoms with Crippen LogP contribution in [0.2, 0.25) is 0 Å². The zero-order valence-corrected chi connectivity index (χ0v) is 11.3. The van der Waals surface area contributed by atoms with Crippen molar-refractivity contribution in [3.05, 3.63) is 29.3 Å². The number of nitrogens with zero attached hydrogens (tertiary/aromatic N) is 1. The summed E-state index contributed by atoms with van der Waals surface area (Å²) in [5, 5.41) is 0. The minimum atomic E-state index is 0.198. The number of aryl methyl sites for hydroxylation is 1. The molecule has 1 unspecified atom stereocenters. The van der Waals surface area contributed by atoms with Crippen LogP contribution in [0.3, 0.4) is 0 Å². The van der Waals surface area contributed by atoms with Gasteiger partial charge in [-0.15, -0.1) is 0 Å². The maximum absolute atomic E-state index is 4.96. The van der Waals surface area contributed by atoms with Crippen LogP contribution >= 0.6 is 0 Å². The van der Waals surface area contributed by atoms with E-state index in [1.807, 2.05) is 0 Å². The van der Waals surface area contributed by atoms with Crippen molar-refractivity contribution in [1.82, 2.24) is 0 Å². The highest BCUT2D eigenvalue weighted by atomic mass is 14.9. The van der Waals surface area contributed by atoms with Crippen LogP contribution in [0, 0.1) is 12.3 Å². The fourth-order valence-electron chi connectivity index (χ4n) is 3.71. The van der Waals surface area contributed by atoms with Crippen LogP contribution in [0.25, 0.3) is 0 Å². The highest BCUT2D eigenvalue weighted by molar-refractivity contribution is 6.05. The van der Waals surface area contributed by atoms with Crippen molar-refractivity contribution < 1.29 is 0 Å². The molecule has 1 heterocycles. The molecular weight excluding hydrogens is 206 g/mol. The summed E-state index contributed by atoms with van der Waals surface area (Å²) in [7, 11) is 0. The maximum atomic E-state index is 4.96. The lowest BCUT2D eigenvalue weighted by Gasteiger charge is -2.42. The van der Waals surface area contributed by atoms with Crippen LogP contribution in [-0.4, -0.2) is 5.71 Å². The minimum Gasteiger partial charge on any atom is -0.256 e. The molecule has 3 rings (SSSR count). The number of benzene rings is 1. The molecule has 0 saturated heterocycles. The maximum Gasteiger partial charge on any atom is 0.0671 e. The quantitative estimate of drug-likeness (QED) is 0.616. The normalized spacial score (nSPS) is 29.5. The number of rotatable bonds is 0. The van der Waals surface area contributed by atoms with E-state index in [1.165, 1.54) is 41.8 Å². The van der Waals surface area contributed by atoms with Gasteiger partial charge in [-0.1, -0.05) is 44.9 Å². The highest BCUT2D eigenvalue weighted by Crippen LogP contribution is 2.52. The molecule has 1 heteroatoms. The first-order chi connectivity index (χ1) is 7.93. The molecule has 1 saturated carbocycles. The van der Waals surface area contributed by atoms with Crippen LogP contribution in [-0.2, 0) is 5.41 Å². The van der Waals surface area contributed by atoms with Gasteiger partial charge in [0.15, 0.2) is 0 Å². The molecule has 1 atom stereocenters. The molecule has 0 N–H and O–H groups in total. The number of hydrogen-bond acceptors (Lipinski definition) is 1. The van der Waals surface area contributed by atoms with Crippen LogP contribution < -0.4 is 0 Å². The molecule has 1 fully saturated rings. The molecule has 90 valence electrons. The summed E-state index contributed by atoms with van der Waals surface area (Å²) in [4.78, 5) is 4.96. The van der Waals surface area contributed by atoms with E-state index in [-0.39, 0.29) is 10.8 Å². The Morgan fingerprint density at radius 1 is 1.12 bits per heavy atom. The van der Waals surface area contributed by atoms with E-state index in [9.17, 15) is 0 Å². The minimum absolute atomic E-state index is 0.198. The van der Waals surface area contributed by atoms with Gasteiger partial charge in [0.1, 0.15) is 0 Å². The van der Waals surface area contributed by atoms with Gasteiger partial charge in [0.05, 0.1) is 5.69 Å². The third-order valence-electron chi connectivity index (χ3n) is 4.62. The first-order valence-electron chi connectivity index (χ1n) is 6.64. The topological polar surface area (TPSA) is 12.4 Å². The smallest absolute Gasteiger partial charge is 0.0671 e. The van der Waals surface area contributed by atoms with Gasteiger partial charge in [-0.2, -0.15) is 0 Å². The van der Waals surface area contributed by atoms with Crippen molar-refractivity contribution in [2.24, 2.45) is 10.4 Å². The molecule has 0 amide bonds. The third kappa shape index (κ3) is 1.41. The molecule has 0 spiro atoms. The van der Waals surface area contributed by atoms with Gasteiger partial charge in [-0.05, 0) is 31.4 Å². The van der Waals surface area contributed by atoms with Gasteiger partial charge in [0.25, 0.3) is 0 Å². The lowest BCUT2D eigenvalue weighted by molar-refractivity contribution is 0.349. The van der Waals surface area contributed by atoms with Crippen molar-refractivity contribution in [3.63, 3.8) is 0 Å². The SMILES string of the molecule is Cc1ccc2c(c1)C1(C)CCCC(C)(C)C1=N2. The van der Waals surface area contributed by atoms with Crippen LogP contribution in [0.15, 0.2) is 23.2 Å². The van der Waals surface area contributed by atoms with E-state index >= 15 is 0 Å². The summed E-state index contributed by atoms with van der Waals surface area (Å²) in [6.45, 7) is 9.26. The summed E-state index contributed by atoms with van der Waals surface area (Å²) < 4.78 is 0. The standard InChI is InChI=1S/C16H21N/c1-11-6-7-13-12(10-11)16(4)9-5-8-15(2,3)14(16)17-13/h6-7,10H,5,8-9H2,1-4H3. The van der Waals surface area contributed by atoms with E-state index in [2.05, 4.69) is 45.9 Å². The second-order valence-electron chi connectivity index (χ2n) is 6.55. The summed E-state index contributed by atoms with van der Waals surface area (Å²) in [6.07, 6.45) is 3.84. The Morgan fingerprint density at radius 2 is 1.88 bits per heavy atom. The van der Waals surface area contributed by atoms with Crippen molar-refractivity contribution in [3.8, 4) is 0 Å². The van der Waals surface area contributed by atoms with Gasteiger partial charge in [-0.3, -0.25) is 4.99 Å². The first-order valence-corrected chi connectivity index (χ1v) is 6.64. The molecule has 1 aromatic rings. The fourth-order valence-corrected chi connectivity index (χ4v) is 3.71. The molecule has 17 heavy (non-hydrogen) atoms. The summed E-state index contributed by atoms with van der Waals surface area (Å²) >= 11 is 0. The summed E-state index contributed by atoms with van der Waals surface area (Å²) in [6, 6.07) is 6.71. The van der Waals surface area contributed by atoms with Gasteiger partial charge < -0.3 is 0 Å². The molecule has 2 aliphatic rings. The number of fused-ring (bicyclic) bond motifs is 3. The van der Waals surface area contributed by atoms with Crippen molar-refractivity contribution in [2.75, 3.05) is 0 Å². The van der Waals surface area contributed by atoms with E-state index in [1.54, 1.807) is 0 Å². The summed E-state index contributed by atoms with van der Waals surface area (Å²) in [5.74, 6) is 0. The van der Waals surface area contributed by atoms with Crippen LogP contribution in [0.4, 0.5) is 5.69 Å². The first kappa shape index (κ1) is 11.0. The Morgan fingerprint density at radius 3 is 2.65 bits per heavy atom. The van der Waals surface area contributed by atoms with Gasteiger partial charge in [0.2, 0.25) is 0 Å². The molecule has 1 aliphatic heterocycles. The predicted octanol–water partition coefficient (Wildman–Crippen LogP) is 4.55. The Balaban J connectivity index is 2.21. The van der Waals surface area contributed by atoms with E-state index in [4.69, 9.17) is 4.99 Å². The average Bonchev–Trinajstić information content (AvgIpc) is 2.53. The van der Waals surface area contributed by atoms with Gasteiger partial charge in [-0.25, -0.2) is 0 Å². The third-order valence-corrected chi connectivity index (χ3v) is 4.62. The van der Waals surface area contributed by atoms with E-state index < -0.39 is 0 Å². The van der Waals surface area contributed by atoms with Gasteiger partial charge >= 0.3 is 0 Å². The number of hydrogen-bond donors (Lipinski definition) is 0. The monoisotopic (exact) mass is 227 g/mol. The largest absolute Gasteiger partial charge is 0.256 e. The van der Waals surface area contributed by atoms with Crippen molar-refractivity contribution >= 4 is 11.4 Å². The molecule has 0 bridgehead atoms. The Labute approximate surface area is 104 Å². The van der Waals surface area contributed by atoms with Crippen LogP contribution in [0.5, 0.6) is 0 Å². The Hall–Kier alpha value is -1.11. The summed E-state index contributed by atoms with van der Waals surface area (Å²) in [5.41, 5.74) is 5.90. The van der Waals surface area contributed by atoms with Crippen molar-refractivity contribution in [1.29, 1.82) is 0 Å². The number of aliphatic imine (C=N–C) groups is 1. The fraction of sp³-hybridized carbons (Fsp3) is 0.562. The van der Waals surface area contributed by atoms with Gasteiger partial charge in [0, 0.05) is 16.5 Å². The second kappa shape index (κ2) is 3.22. The molecule has 0 aromatic heterocycles. The van der Waals surface area contributed by atoms with Crippen molar-refractivity contribution in [2.45, 2.75) is 52.4 Å². The predicted molar refractivity (Wildman–Crippen MR) is 73.3 cm³/mol. The zero-order chi connectivity index (χ0) is 12.3. The van der Waals surface area contributed by atoms with E-state index in [0.29, 0.717) is 0 Å². The lowest BCUT2D eigenvalue weighted by Crippen LogP contribution is -2.43. The zero-order valence-electron chi connectivity index (χ0n) is 11.3. The average molecular weight is 227 g/mol.